The van der Waals surface area contributed by atoms with E-state index in [1.807, 2.05) is 0 Å². The Kier molecular flexibility index (Phi) is 4.32. The Morgan fingerprint density at radius 2 is 1.81 bits per heavy atom. The van der Waals surface area contributed by atoms with Gasteiger partial charge in [0, 0.05) is 18.1 Å². The molecular weight excluding hydrogens is 290 g/mol. The first-order valence-corrected chi connectivity index (χ1v) is 7.87. The third kappa shape index (κ3) is 3.43. The number of hydrogen-bond acceptors (Lipinski definition) is 5. The molecule has 6 nitrogen and oxygen atoms in total. The zero-order chi connectivity index (χ0) is 15.5. The van der Waals surface area contributed by atoms with Crippen molar-refractivity contribution in [3.8, 4) is 0 Å². The van der Waals surface area contributed by atoms with Gasteiger partial charge >= 0.3 is 0 Å². The molecule has 0 aliphatic carbocycles. The van der Waals surface area contributed by atoms with Gasteiger partial charge in [-0.1, -0.05) is 0 Å². The number of hydrogen-bond donors (Lipinski definition) is 1. The average Bonchev–Trinajstić information content (AvgIpc) is 2.48. The summed E-state index contributed by atoms with van der Waals surface area (Å²) in [4.78, 5) is 19.8. The SMILES string of the molecule is CC(C)S(=O)(=O)c1ccc(NC(=O)c2cnccn2)cc1. The van der Waals surface area contributed by atoms with Crippen molar-refractivity contribution in [3.05, 3.63) is 48.5 Å². The van der Waals surface area contributed by atoms with Crippen molar-refractivity contribution >= 4 is 21.4 Å². The summed E-state index contributed by atoms with van der Waals surface area (Å²) in [7, 11) is -3.31. The summed E-state index contributed by atoms with van der Waals surface area (Å²) in [6.07, 6.45) is 4.25. The lowest BCUT2D eigenvalue weighted by Gasteiger charge is -2.09. The Morgan fingerprint density at radius 1 is 1.14 bits per heavy atom. The number of anilines is 1. The van der Waals surface area contributed by atoms with E-state index in [-0.39, 0.29) is 10.6 Å². The fourth-order valence-electron chi connectivity index (χ4n) is 1.61. The van der Waals surface area contributed by atoms with Crippen molar-refractivity contribution in [1.29, 1.82) is 0 Å². The normalized spacial score (nSPS) is 11.4. The molecule has 7 heteroatoms. The maximum atomic E-state index is 12.0. The molecule has 0 bridgehead atoms. The molecule has 21 heavy (non-hydrogen) atoms. The van der Waals surface area contributed by atoms with Crippen LogP contribution in [-0.2, 0) is 9.84 Å². The smallest absolute Gasteiger partial charge is 0.275 e. The Hall–Kier alpha value is -2.28. The second-order valence-electron chi connectivity index (χ2n) is 4.66. The summed E-state index contributed by atoms with van der Waals surface area (Å²) in [6, 6.07) is 6.04. The summed E-state index contributed by atoms with van der Waals surface area (Å²) in [5.74, 6) is -0.400. The van der Waals surface area contributed by atoms with Gasteiger partial charge in [-0.05, 0) is 38.1 Å². The highest BCUT2D eigenvalue weighted by atomic mass is 32.2. The first kappa shape index (κ1) is 15.1. The minimum atomic E-state index is -3.31. The highest BCUT2D eigenvalue weighted by Crippen LogP contribution is 2.18. The predicted molar refractivity (Wildman–Crippen MR) is 78.7 cm³/mol. The van der Waals surface area contributed by atoms with Gasteiger partial charge in [0.1, 0.15) is 5.69 Å². The van der Waals surface area contributed by atoms with Crippen molar-refractivity contribution in [2.75, 3.05) is 5.32 Å². The van der Waals surface area contributed by atoms with Crippen LogP contribution in [0.1, 0.15) is 24.3 Å². The maximum Gasteiger partial charge on any atom is 0.275 e. The van der Waals surface area contributed by atoms with Crippen LogP contribution < -0.4 is 5.32 Å². The van der Waals surface area contributed by atoms with E-state index >= 15 is 0 Å². The minimum absolute atomic E-state index is 0.191. The molecular formula is C14H15N3O3S. The molecule has 0 aliphatic heterocycles. The van der Waals surface area contributed by atoms with Gasteiger partial charge in [-0.15, -0.1) is 0 Å². The Balaban J connectivity index is 2.16. The van der Waals surface area contributed by atoms with Crippen LogP contribution in [-0.4, -0.2) is 29.5 Å². The van der Waals surface area contributed by atoms with E-state index in [0.717, 1.165) is 0 Å². The van der Waals surface area contributed by atoms with E-state index in [1.54, 1.807) is 26.0 Å². The van der Waals surface area contributed by atoms with E-state index < -0.39 is 21.0 Å². The zero-order valence-electron chi connectivity index (χ0n) is 11.6. The van der Waals surface area contributed by atoms with E-state index in [1.165, 1.54) is 30.7 Å². The molecule has 0 atom stereocenters. The Morgan fingerprint density at radius 3 is 2.33 bits per heavy atom. The minimum Gasteiger partial charge on any atom is -0.321 e. The third-order valence-electron chi connectivity index (χ3n) is 2.86. The van der Waals surface area contributed by atoms with Gasteiger partial charge in [0.05, 0.1) is 16.3 Å². The van der Waals surface area contributed by atoms with Crippen molar-refractivity contribution in [2.45, 2.75) is 24.0 Å². The summed E-state index contributed by atoms with van der Waals surface area (Å²) in [6.45, 7) is 3.25. The second kappa shape index (κ2) is 6.01. The Labute approximate surface area is 123 Å². The summed E-state index contributed by atoms with van der Waals surface area (Å²) in [5, 5.41) is 2.14. The number of nitrogens with one attached hydrogen (secondary N) is 1. The van der Waals surface area contributed by atoms with Gasteiger partial charge in [0.15, 0.2) is 9.84 Å². The monoisotopic (exact) mass is 305 g/mol. The van der Waals surface area contributed by atoms with Crippen LogP contribution >= 0.6 is 0 Å². The predicted octanol–water partition coefficient (Wildman–Crippen LogP) is 1.91. The van der Waals surface area contributed by atoms with Gasteiger partial charge in [0.25, 0.3) is 5.91 Å². The van der Waals surface area contributed by atoms with Crippen molar-refractivity contribution in [2.24, 2.45) is 0 Å². The Bertz CT molecular complexity index is 726. The van der Waals surface area contributed by atoms with Gasteiger partial charge in [-0.3, -0.25) is 9.78 Å². The molecule has 2 rings (SSSR count). The number of rotatable bonds is 4. The summed E-state index contributed by atoms with van der Waals surface area (Å²) < 4.78 is 24.0. The van der Waals surface area contributed by atoms with E-state index in [4.69, 9.17) is 0 Å². The second-order valence-corrected chi connectivity index (χ2v) is 7.17. The largest absolute Gasteiger partial charge is 0.321 e. The number of carbonyl (C=O) groups excluding carboxylic acids is 1. The lowest BCUT2D eigenvalue weighted by molar-refractivity contribution is 0.102. The van der Waals surface area contributed by atoms with Crippen LogP contribution in [0.3, 0.4) is 0 Å². The first-order chi connectivity index (χ1) is 9.91. The molecule has 1 aromatic carbocycles. The lowest BCUT2D eigenvalue weighted by Crippen LogP contribution is -2.15. The molecule has 110 valence electrons. The number of carbonyl (C=O) groups is 1. The topological polar surface area (TPSA) is 89.0 Å². The van der Waals surface area contributed by atoms with Crippen molar-refractivity contribution in [1.82, 2.24) is 9.97 Å². The number of sulfone groups is 1. The third-order valence-corrected chi connectivity index (χ3v) is 5.03. The first-order valence-electron chi connectivity index (χ1n) is 6.32. The maximum absolute atomic E-state index is 12.0. The number of nitrogens with zero attached hydrogens (tertiary/aromatic N) is 2. The molecule has 0 saturated heterocycles. The van der Waals surface area contributed by atoms with Crippen LogP contribution in [0.15, 0.2) is 47.8 Å². The van der Waals surface area contributed by atoms with Crippen LogP contribution in [0.5, 0.6) is 0 Å². The van der Waals surface area contributed by atoms with Crippen LogP contribution in [0.4, 0.5) is 5.69 Å². The quantitative estimate of drug-likeness (QED) is 0.932. The molecule has 1 aromatic heterocycles. The van der Waals surface area contributed by atoms with Crippen LogP contribution in [0.25, 0.3) is 0 Å². The van der Waals surface area contributed by atoms with Gasteiger partial charge in [0.2, 0.25) is 0 Å². The van der Waals surface area contributed by atoms with Crippen LogP contribution in [0, 0.1) is 0 Å². The number of amides is 1. The van der Waals surface area contributed by atoms with E-state index in [2.05, 4.69) is 15.3 Å². The van der Waals surface area contributed by atoms with Crippen molar-refractivity contribution < 1.29 is 13.2 Å². The fourth-order valence-corrected chi connectivity index (χ4v) is 2.67. The van der Waals surface area contributed by atoms with Crippen LogP contribution in [0.2, 0.25) is 0 Å². The summed E-state index contributed by atoms with van der Waals surface area (Å²) >= 11 is 0. The molecule has 0 saturated carbocycles. The van der Waals surface area contributed by atoms with Crippen molar-refractivity contribution in [3.63, 3.8) is 0 Å². The van der Waals surface area contributed by atoms with E-state index in [0.29, 0.717) is 5.69 Å². The zero-order valence-corrected chi connectivity index (χ0v) is 12.5. The average molecular weight is 305 g/mol. The molecule has 0 fully saturated rings. The highest BCUT2D eigenvalue weighted by molar-refractivity contribution is 7.92. The number of aromatic nitrogens is 2. The lowest BCUT2D eigenvalue weighted by atomic mass is 10.3. The molecule has 1 N–H and O–H groups in total. The fraction of sp³-hybridized carbons (Fsp3) is 0.214. The molecule has 1 heterocycles. The molecule has 0 unspecified atom stereocenters. The molecule has 1 amide bonds. The van der Waals surface area contributed by atoms with Gasteiger partial charge in [-0.25, -0.2) is 13.4 Å². The highest BCUT2D eigenvalue weighted by Gasteiger charge is 2.18. The molecule has 2 aromatic rings. The molecule has 0 radical (unpaired) electrons. The standard InChI is InChI=1S/C14H15N3O3S/c1-10(2)21(19,20)12-5-3-11(4-6-12)17-14(18)13-9-15-7-8-16-13/h3-10H,1-2H3,(H,17,18). The van der Waals surface area contributed by atoms with Gasteiger partial charge < -0.3 is 5.32 Å². The van der Waals surface area contributed by atoms with E-state index in [9.17, 15) is 13.2 Å². The molecule has 0 aliphatic rings. The van der Waals surface area contributed by atoms with Gasteiger partial charge in [-0.2, -0.15) is 0 Å². The summed E-state index contributed by atoms with van der Waals surface area (Å²) in [5.41, 5.74) is 0.685. The molecule has 0 spiro atoms. The number of benzene rings is 1.